The van der Waals surface area contributed by atoms with Gasteiger partial charge in [0.25, 0.3) is 0 Å². The van der Waals surface area contributed by atoms with Gasteiger partial charge in [-0.1, -0.05) is 36.4 Å². The number of ether oxygens (including phenoxy) is 2. The highest BCUT2D eigenvalue weighted by Crippen LogP contribution is 2.37. The van der Waals surface area contributed by atoms with Gasteiger partial charge < -0.3 is 19.7 Å². The van der Waals surface area contributed by atoms with Gasteiger partial charge in [-0.3, -0.25) is 5.32 Å². The number of benzene rings is 3. The molecule has 1 aliphatic rings. The van der Waals surface area contributed by atoms with Gasteiger partial charge in [0.15, 0.2) is 11.6 Å². The minimum atomic E-state index is -0.683. The number of carbonyl (C=O) groups is 1. The Hall–Kier alpha value is -4.87. The van der Waals surface area contributed by atoms with Crippen LogP contribution in [0.25, 0.3) is 21.7 Å². The van der Waals surface area contributed by atoms with E-state index in [0.717, 1.165) is 42.1 Å². The SMILES string of the molecule is Cc1ccc(-c2ccccc2-c2nc(COC(=O)Nc3ccnc(Nc4ccc(OCC5CCCN(C)C5)c(F)c4)n3)cs2)c(C)c1C. The van der Waals surface area contributed by atoms with E-state index in [9.17, 15) is 9.18 Å². The van der Waals surface area contributed by atoms with Crippen molar-refractivity contribution in [2.45, 2.75) is 40.2 Å². The van der Waals surface area contributed by atoms with Crippen LogP contribution in [0.15, 0.2) is 72.2 Å². The molecule has 248 valence electrons. The monoisotopic (exact) mass is 666 g/mol. The highest BCUT2D eigenvalue weighted by atomic mass is 32.1. The molecule has 1 atom stereocenters. The van der Waals surface area contributed by atoms with E-state index in [4.69, 9.17) is 14.5 Å². The molecular formula is C37H39FN6O3S. The van der Waals surface area contributed by atoms with Gasteiger partial charge in [-0.15, -0.1) is 11.3 Å². The Labute approximate surface area is 284 Å². The smallest absolute Gasteiger partial charge is 0.413 e. The molecule has 6 rings (SSSR count). The van der Waals surface area contributed by atoms with Gasteiger partial charge in [-0.2, -0.15) is 4.98 Å². The molecule has 3 heterocycles. The number of hydrogen-bond donors (Lipinski definition) is 2. The number of halogens is 1. The summed E-state index contributed by atoms with van der Waals surface area (Å²) in [5.74, 6) is 0.535. The topological polar surface area (TPSA) is 102 Å². The summed E-state index contributed by atoms with van der Waals surface area (Å²) in [6.45, 7) is 8.93. The van der Waals surface area contributed by atoms with Crippen molar-refractivity contribution in [2.75, 3.05) is 37.4 Å². The number of amides is 1. The van der Waals surface area contributed by atoms with E-state index < -0.39 is 11.9 Å². The maximum Gasteiger partial charge on any atom is 0.413 e. The molecule has 0 saturated carbocycles. The molecule has 3 aromatic carbocycles. The number of thiazole rings is 1. The van der Waals surface area contributed by atoms with Crippen LogP contribution in [0.1, 0.15) is 35.2 Å². The zero-order valence-corrected chi connectivity index (χ0v) is 28.4. The lowest BCUT2D eigenvalue weighted by Gasteiger charge is -2.29. The molecule has 48 heavy (non-hydrogen) atoms. The molecule has 1 saturated heterocycles. The average molecular weight is 667 g/mol. The highest BCUT2D eigenvalue weighted by Gasteiger charge is 2.19. The molecule has 0 bridgehead atoms. The van der Waals surface area contributed by atoms with Gasteiger partial charge in [0, 0.05) is 41.4 Å². The number of nitrogens with zero attached hydrogens (tertiary/aromatic N) is 4. The first-order valence-corrected chi connectivity index (χ1v) is 16.9. The molecule has 1 fully saturated rings. The number of hydrogen-bond acceptors (Lipinski definition) is 9. The van der Waals surface area contributed by atoms with Crippen LogP contribution in [0.5, 0.6) is 5.75 Å². The second kappa shape index (κ2) is 14.9. The summed E-state index contributed by atoms with van der Waals surface area (Å²) in [4.78, 5) is 28.2. The highest BCUT2D eigenvalue weighted by molar-refractivity contribution is 7.13. The van der Waals surface area contributed by atoms with Crippen molar-refractivity contribution in [2.24, 2.45) is 5.92 Å². The number of nitrogens with one attached hydrogen (secondary N) is 2. The molecule has 0 radical (unpaired) electrons. The van der Waals surface area contributed by atoms with E-state index in [-0.39, 0.29) is 24.1 Å². The van der Waals surface area contributed by atoms with Crippen LogP contribution in [0.3, 0.4) is 0 Å². The zero-order valence-electron chi connectivity index (χ0n) is 27.5. The maximum absolute atomic E-state index is 14.8. The number of piperidine rings is 1. The van der Waals surface area contributed by atoms with Crippen LogP contribution < -0.4 is 15.4 Å². The van der Waals surface area contributed by atoms with E-state index >= 15 is 0 Å². The van der Waals surface area contributed by atoms with Crippen LogP contribution in [-0.2, 0) is 11.3 Å². The number of carbonyl (C=O) groups excluding carboxylic acids is 1. The fourth-order valence-corrected chi connectivity index (χ4v) is 6.70. The zero-order chi connectivity index (χ0) is 33.6. The fraction of sp³-hybridized carbons (Fsp3) is 0.297. The Bertz CT molecular complexity index is 1910. The maximum atomic E-state index is 14.8. The van der Waals surface area contributed by atoms with Crippen LogP contribution in [0.2, 0.25) is 0 Å². The first kappa shape index (κ1) is 33.0. The fourth-order valence-electron chi connectivity index (χ4n) is 5.86. The number of aryl methyl sites for hydroxylation is 1. The average Bonchev–Trinajstić information content (AvgIpc) is 3.55. The summed E-state index contributed by atoms with van der Waals surface area (Å²) in [6, 6.07) is 18.7. The van der Waals surface area contributed by atoms with Crippen LogP contribution in [-0.4, -0.2) is 52.7 Å². The van der Waals surface area contributed by atoms with Crippen molar-refractivity contribution in [3.63, 3.8) is 0 Å². The van der Waals surface area contributed by atoms with Gasteiger partial charge in [0.05, 0.1) is 12.3 Å². The van der Waals surface area contributed by atoms with Gasteiger partial charge >= 0.3 is 6.09 Å². The third kappa shape index (κ3) is 7.98. The summed E-state index contributed by atoms with van der Waals surface area (Å²) < 4.78 is 26.0. The summed E-state index contributed by atoms with van der Waals surface area (Å²) >= 11 is 1.51. The minimum absolute atomic E-state index is 0.00545. The molecule has 2 aromatic heterocycles. The summed E-state index contributed by atoms with van der Waals surface area (Å²) in [6.07, 6.45) is 3.01. The molecule has 11 heteroatoms. The lowest BCUT2D eigenvalue weighted by atomic mass is 9.91. The molecule has 5 aromatic rings. The molecular weight excluding hydrogens is 628 g/mol. The van der Waals surface area contributed by atoms with Crippen molar-refractivity contribution >= 4 is 34.9 Å². The Morgan fingerprint density at radius 3 is 2.67 bits per heavy atom. The third-order valence-corrected chi connectivity index (χ3v) is 9.60. The van der Waals surface area contributed by atoms with E-state index in [2.05, 4.69) is 77.6 Å². The second-order valence-electron chi connectivity index (χ2n) is 12.2. The predicted octanol–water partition coefficient (Wildman–Crippen LogP) is 8.54. The normalized spacial score (nSPS) is 14.8. The molecule has 1 aliphatic heterocycles. The molecule has 0 aliphatic carbocycles. The van der Waals surface area contributed by atoms with Gasteiger partial charge in [-0.05, 0) is 93.2 Å². The lowest BCUT2D eigenvalue weighted by Crippen LogP contribution is -2.34. The van der Waals surface area contributed by atoms with Crippen molar-refractivity contribution in [1.29, 1.82) is 0 Å². The lowest BCUT2D eigenvalue weighted by molar-refractivity contribution is 0.147. The minimum Gasteiger partial charge on any atom is -0.490 e. The Balaban J connectivity index is 1.03. The van der Waals surface area contributed by atoms with Crippen molar-refractivity contribution < 1.29 is 18.7 Å². The second-order valence-corrected chi connectivity index (χ2v) is 13.0. The number of aromatic nitrogens is 3. The Morgan fingerprint density at radius 1 is 1.02 bits per heavy atom. The molecule has 0 spiro atoms. The van der Waals surface area contributed by atoms with Crippen LogP contribution in [0, 0.1) is 32.5 Å². The van der Waals surface area contributed by atoms with Crippen molar-refractivity contribution in [1.82, 2.24) is 19.9 Å². The first-order valence-electron chi connectivity index (χ1n) is 16.0. The van der Waals surface area contributed by atoms with Crippen molar-refractivity contribution in [3.05, 3.63) is 100 Å². The number of likely N-dealkylation sites (tertiary alicyclic amines) is 1. The Morgan fingerprint density at radius 2 is 1.85 bits per heavy atom. The Kier molecular flexibility index (Phi) is 10.3. The summed E-state index contributed by atoms with van der Waals surface area (Å²) in [7, 11) is 2.09. The molecule has 1 amide bonds. The number of anilines is 3. The summed E-state index contributed by atoms with van der Waals surface area (Å²) in [5, 5.41) is 8.34. The molecule has 2 N–H and O–H groups in total. The molecule has 1 unspecified atom stereocenters. The van der Waals surface area contributed by atoms with E-state index in [1.165, 1.54) is 45.9 Å². The standard InChI is InChI=1S/C37H39FN6O3S/c1-23-11-13-29(25(3)24(23)2)30-9-5-6-10-31(30)35-40-28(22-48-35)21-47-37(45)43-34-15-16-39-36(42-34)41-27-12-14-33(32(38)18-27)46-20-26-8-7-17-44(4)19-26/h5-6,9-16,18,22,26H,7-8,17,19-21H2,1-4H3,(H2,39,41,42,43,45). The van der Waals surface area contributed by atoms with Gasteiger partial charge in [0.2, 0.25) is 5.95 Å². The largest absolute Gasteiger partial charge is 0.490 e. The van der Waals surface area contributed by atoms with Gasteiger partial charge in [0.1, 0.15) is 17.4 Å². The summed E-state index contributed by atoms with van der Waals surface area (Å²) in [5.41, 5.74) is 8.19. The first-order chi connectivity index (χ1) is 23.2. The molecule has 9 nitrogen and oxygen atoms in total. The quantitative estimate of drug-likeness (QED) is 0.153. The third-order valence-electron chi connectivity index (χ3n) is 8.68. The van der Waals surface area contributed by atoms with E-state index in [1.807, 2.05) is 17.5 Å². The van der Waals surface area contributed by atoms with E-state index in [0.29, 0.717) is 23.9 Å². The van der Waals surface area contributed by atoms with Crippen LogP contribution in [0.4, 0.5) is 26.6 Å². The van der Waals surface area contributed by atoms with E-state index in [1.54, 1.807) is 18.2 Å². The predicted molar refractivity (Wildman–Crippen MR) is 188 cm³/mol. The van der Waals surface area contributed by atoms with Gasteiger partial charge in [-0.25, -0.2) is 19.2 Å². The van der Waals surface area contributed by atoms with Crippen LogP contribution >= 0.6 is 11.3 Å². The number of rotatable bonds is 10. The van der Waals surface area contributed by atoms with Crippen molar-refractivity contribution in [3.8, 4) is 27.4 Å².